The maximum absolute atomic E-state index is 10.1. The molecule has 0 amide bonds. The molecule has 58 valence electrons. The molecule has 3 heteroatoms. The fraction of sp³-hybridized carbons (Fsp3) is 0.571. The van der Waals surface area contributed by atoms with Crippen molar-refractivity contribution in [2.24, 2.45) is 5.73 Å². The molecule has 0 aliphatic rings. The molecule has 0 aromatic rings. The third-order valence-corrected chi connectivity index (χ3v) is 2.12. The summed E-state index contributed by atoms with van der Waals surface area (Å²) in [6, 6.07) is -0.335. The molecule has 1 unspecified atom stereocenters. The van der Waals surface area contributed by atoms with Gasteiger partial charge in [0.1, 0.15) is 6.29 Å². The standard InChI is InChI=1S/C7H13NOS/c1-3-7(10-2)4-6(8)5-9/h3,5-6H,4,8H2,1-2H3/b7-3-. The summed E-state index contributed by atoms with van der Waals surface area (Å²) in [6.07, 6.45) is 5.40. The summed E-state index contributed by atoms with van der Waals surface area (Å²) in [7, 11) is 0. The lowest BCUT2D eigenvalue weighted by atomic mass is 10.2. The van der Waals surface area contributed by atoms with E-state index >= 15 is 0 Å². The Hall–Kier alpha value is -0.280. The van der Waals surface area contributed by atoms with E-state index in [-0.39, 0.29) is 6.04 Å². The van der Waals surface area contributed by atoms with Crippen LogP contribution < -0.4 is 5.73 Å². The summed E-state index contributed by atoms with van der Waals surface area (Å²) in [5, 5.41) is 0. The first-order valence-corrected chi connectivity index (χ1v) is 4.37. The Balaban J connectivity index is 3.74. The molecule has 10 heavy (non-hydrogen) atoms. The Labute approximate surface area is 65.9 Å². The summed E-state index contributed by atoms with van der Waals surface area (Å²) in [4.78, 5) is 11.3. The highest BCUT2D eigenvalue weighted by molar-refractivity contribution is 8.02. The molecule has 0 saturated carbocycles. The molecule has 0 radical (unpaired) electrons. The van der Waals surface area contributed by atoms with Crippen LogP contribution in [0.5, 0.6) is 0 Å². The second-order valence-corrected chi connectivity index (χ2v) is 2.90. The van der Waals surface area contributed by atoms with Crippen LogP contribution in [-0.2, 0) is 4.79 Å². The van der Waals surface area contributed by atoms with Crippen LogP contribution in [0.2, 0.25) is 0 Å². The van der Waals surface area contributed by atoms with Crippen LogP contribution in [0.1, 0.15) is 13.3 Å². The van der Waals surface area contributed by atoms with Gasteiger partial charge in [0.05, 0.1) is 6.04 Å². The number of aldehydes is 1. The van der Waals surface area contributed by atoms with Gasteiger partial charge in [-0.05, 0) is 24.5 Å². The highest BCUT2D eigenvalue weighted by Gasteiger charge is 2.01. The third-order valence-electron chi connectivity index (χ3n) is 1.20. The Morgan fingerprint density at radius 1 is 1.80 bits per heavy atom. The number of nitrogens with two attached hydrogens (primary N) is 1. The molecule has 0 fully saturated rings. The van der Waals surface area contributed by atoms with Crippen molar-refractivity contribution in [2.45, 2.75) is 19.4 Å². The molecule has 0 aromatic heterocycles. The van der Waals surface area contributed by atoms with E-state index in [4.69, 9.17) is 5.73 Å². The largest absolute Gasteiger partial charge is 0.321 e. The van der Waals surface area contributed by atoms with E-state index in [0.29, 0.717) is 6.42 Å². The van der Waals surface area contributed by atoms with Gasteiger partial charge in [-0.2, -0.15) is 0 Å². The van der Waals surface area contributed by atoms with Gasteiger partial charge in [-0.3, -0.25) is 0 Å². The van der Waals surface area contributed by atoms with Gasteiger partial charge in [-0.25, -0.2) is 0 Å². The zero-order valence-corrected chi connectivity index (χ0v) is 7.15. The lowest BCUT2D eigenvalue weighted by Crippen LogP contribution is -2.21. The van der Waals surface area contributed by atoms with E-state index in [1.807, 2.05) is 19.3 Å². The molecule has 2 nitrogen and oxygen atoms in total. The van der Waals surface area contributed by atoms with Crippen molar-refractivity contribution in [1.29, 1.82) is 0 Å². The van der Waals surface area contributed by atoms with E-state index in [1.165, 1.54) is 4.91 Å². The predicted molar refractivity (Wildman–Crippen MR) is 45.9 cm³/mol. The number of carbonyl (C=O) groups excluding carboxylic acids is 1. The summed E-state index contributed by atoms with van der Waals surface area (Å²) in [5.41, 5.74) is 5.40. The summed E-state index contributed by atoms with van der Waals surface area (Å²) < 4.78 is 0. The fourth-order valence-electron chi connectivity index (χ4n) is 0.599. The van der Waals surface area contributed by atoms with Crippen LogP contribution in [-0.4, -0.2) is 18.6 Å². The van der Waals surface area contributed by atoms with Crippen LogP contribution in [0, 0.1) is 0 Å². The zero-order chi connectivity index (χ0) is 7.98. The van der Waals surface area contributed by atoms with Gasteiger partial charge < -0.3 is 10.5 Å². The molecule has 0 aromatic carbocycles. The molecule has 2 N–H and O–H groups in total. The van der Waals surface area contributed by atoms with Crippen molar-refractivity contribution in [3.8, 4) is 0 Å². The smallest absolute Gasteiger partial charge is 0.137 e. The fourth-order valence-corrected chi connectivity index (χ4v) is 1.19. The maximum atomic E-state index is 10.1. The normalized spacial score (nSPS) is 14.9. The highest BCUT2D eigenvalue weighted by Crippen LogP contribution is 2.15. The van der Waals surface area contributed by atoms with Crippen molar-refractivity contribution in [1.82, 2.24) is 0 Å². The lowest BCUT2D eigenvalue weighted by Gasteiger charge is -2.04. The summed E-state index contributed by atoms with van der Waals surface area (Å²) in [5.74, 6) is 0. The minimum absolute atomic E-state index is 0.335. The molecule has 0 aliphatic heterocycles. The Bertz CT molecular complexity index is 134. The van der Waals surface area contributed by atoms with Crippen molar-refractivity contribution in [2.75, 3.05) is 6.26 Å². The molecular weight excluding hydrogens is 146 g/mol. The first kappa shape index (κ1) is 9.72. The van der Waals surface area contributed by atoms with Crippen LogP contribution in [0.3, 0.4) is 0 Å². The topological polar surface area (TPSA) is 43.1 Å². The van der Waals surface area contributed by atoms with Gasteiger partial charge in [0.2, 0.25) is 0 Å². The van der Waals surface area contributed by atoms with Gasteiger partial charge in [0.15, 0.2) is 0 Å². The van der Waals surface area contributed by atoms with Gasteiger partial charge in [-0.15, -0.1) is 11.8 Å². The van der Waals surface area contributed by atoms with Crippen molar-refractivity contribution >= 4 is 18.0 Å². The number of carbonyl (C=O) groups is 1. The number of hydrogen-bond donors (Lipinski definition) is 1. The highest BCUT2D eigenvalue weighted by atomic mass is 32.2. The monoisotopic (exact) mass is 159 g/mol. The quantitative estimate of drug-likeness (QED) is 0.626. The lowest BCUT2D eigenvalue weighted by molar-refractivity contribution is -0.108. The molecule has 0 heterocycles. The minimum atomic E-state index is -0.335. The van der Waals surface area contributed by atoms with E-state index < -0.39 is 0 Å². The second kappa shape index (κ2) is 5.50. The number of hydrogen-bond acceptors (Lipinski definition) is 3. The molecule has 1 atom stereocenters. The molecule has 0 rings (SSSR count). The molecule has 0 bridgehead atoms. The van der Waals surface area contributed by atoms with Crippen molar-refractivity contribution < 1.29 is 4.79 Å². The molecular formula is C7H13NOS. The Morgan fingerprint density at radius 3 is 2.70 bits per heavy atom. The van der Waals surface area contributed by atoms with E-state index in [1.54, 1.807) is 11.8 Å². The van der Waals surface area contributed by atoms with Crippen molar-refractivity contribution in [3.05, 3.63) is 11.0 Å². The van der Waals surface area contributed by atoms with E-state index in [9.17, 15) is 4.79 Å². The SMILES string of the molecule is C/C=C(/CC(N)C=O)SC. The van der Waals surface area contributed by atoms with Gasteiger partial charge in [0.25, 0.3) is 0 Å². The Morgan fingerprint density at radius 2 is 2.40 bits per heavy atom. The van der Waals surface area contributed by atoms with Gasteiger partial charge >= 0.3 is 0 Å². The van der Waals surface area contributed by atoms with Crippen molar-refractivity contribution in [3.63, 3.8) is 0 Å². The average molecular weight is 159 g/mol. The number of thioether (sulfide) groups is 1. The summed E-state index contributed by atoms with van der Waals surface area (Å²) >= 11 is 1.64. The third kappa shape index (κ3) is 3.69. The maximum Gasteiger partial charge on any atom is 0.137 e. The number of allylic oxidation sites excluding steroid dienone is 1. The first-order valence-electron chi connectivity index (χ1n) is 3.14. The second-order valence-electron chi connectivity index (χ2n) is 1.96. The summed E-state index contributed by atoms with van der Waals surface area (Å²) in [6.45, 7) is 1.95. The van der Waals surface area contributed by atoms with Gasteiger partial charge in [-0.1, -0.05) is 6.08 Å². The van der Waals surface area contributed by atoms with Crippen LogP contribution in [0.15, 0.2) is 11.0 Å². The van der Waals surface area contributed by atoms with E-state index in [0.717, 1.165) is 6.29 Å². The predicted octanol–water partition coefficient (Wildman–Crippen LogP) is 1.17. The first-order chi connectivity index (χ1) is 4.74. The average Bonchev–Trinajstić information content (AvgIpc) is 1.99. The minimum Gasteiger partial charge on any atom is -0.321 e. The Kier molecular flexibility index (Phi) is 5.35. The van der Waals surface area contributed by atoms with Crippen LogP contribution in [0.4, 0.5) is 0 Å². The molecule has 0 spiro atoms. The van der Waals surface area contributed by atoms with Crippen LogP contribution >= 0.6 is 11.8 Å². The molecule has 0 aliphatic carbocycles. The molecule has 0 saturated heterocycles. The van der Waals surface area contributed by atoms with Crippen LogP contribution in [0.25, 0.3) is 0 Å². The zero-order valence-electron chi connectivity index (χ0n) is 6.33. The van der Waals surface area contributed by atoms with E-state index in [2.05, 4.69) is 0 Å². The van der Waals surface area contributed by atoms with Gasteiger partial charge in [0, 0.05) is 0 Å². The number of rotatable bonds is 4.